The third-order valence-corrected chi connectivity index (χ3v) is 3.65. The largest absolute Gasteiger partial charge is 0.389 e. The van der Waals surface area contributed by atoms with E-state index in [4.69, 9.17) is 4.74 Å². The highest BCUT2D eigenvalue weighted by atomic mass is 16.5. The van der Waals surface area contributed by atoms with E-state index in [2.05, 4.69) is 36.5 Å². The average molecular weight is 249 g/mol. The second kappa shape index (κ2) is 6.32. The number of hydrogen-bond donors (Lipinski definition) is 2. The van der Waals surface area contributed by atoms with E-state index in [-0.39, 0.29) is 0 Å². The first kappa shape index (κ1) is 13.5. The lowest BCUT2D eigenvalue weighted by molar-refractivity contribution is 0.0597. The van der Waals surface area contributed by atoms with Gasteiger partial charge in [0.15, 0.2) is 0 Å². The fraction of sp³-hybridized carbons (Fsp3) is 0.600. The predicted octanol–water partition coefficient (Wildman–Crippen LogP) is 1.84. The van der Waals surface area contributed by atoms with E-state index in [1.807, 2.05) is 0 Å². The van der Waals surface area contributed by atoms with Gasteiger partial charge in [-0.05, 0) is 31.2 Å². The van der Waals surface area contributed by atoms with E-state index in [0.29, 0.717) is 25.1 Å². The Hall–Kier alpha value is -0.900. The zero-order chi connectivity index (χ0) is 13.0. The van der Waals surface area contributed by atoms with Crippen molar-refractivity contribution >= 4 is 0 Å². The lowest BCUT2D eigenvalue weighted by Gasteiger charge is -2.37. The van der Waals surface area contributed by atoms with Crippen molar-refractivity contribution in [3.63, 3.8) is 0 Å². The van der Waals surface area contributed by atoms with E-state index in [1.54, 1.807) is 7.11 Å². The summed E-state index contributed by atoms with van der Waals surface area (Å²) in [5.74, 6) is 0.682. The molecule has 1 atom stereocenters. The second-order valence-corrected chi connectivity index (χ2v) is 5.30. The molecule has 1 saturated carbocycles. The van der Waals surface area contributed by atoms with Gasteiger partial charge in [-0.15, -0.1) is 0 Å². The molecule has 18 heavy (non-hydrogen) atoms. The summed E-state index contributed by atoms with van der Waals surface area (Å²) in [7, 11) is 1.61. The molecular formula is C15H23NO2. The summed E-state index contributed by atoms with van der Waals surface area (Å²) in [6, 6.07) is 9.31. The summed E-state index contributed by atoms with van der Waals surface area (Å²) in [5.41, 5.74) is 2.78. The molecule has 100 valence electrons. The summed E-state index contributed by atoms with van der Waals surface area (Å²) >= 11 is 0. The van der Waals surface area contributed by atoms with Crippen LogP contribution < -0.4 is 5.32 Å². The average Bonchev–Trinajstić information content (AvgIpc) is 2.27. The maximum Gasteiger partial charge on any atom is 0.0897 e. The van der Waals surface area contributed by atoms with Crippen LogP contribution in [0, 0.1) is 6.92 Å². The first-order valence-electron chi connectivity index (χ1n) is 6.66. The highest BCUT2D eigenvalue weighted by Gasteiger charge is 2.30. The minimum Gasteiger partial charge on any atom is -0.389 e. The van der Waals surface area contributed by atoms with Crippen LogP contribution in [0.4, 0.5) is 0 Å². The fourth-order valence-electron chi connectivity index (χ4n) is 2.53. The molecule has 0 aromatic heterocycles. The Morgan fingerprint density at radius 3 is 2.89 bits per heavy atom. The van der Waals surface area contributed by atoms with Crippen LogP contribution in [-0.2, 0) is 4.74 Å². The first-order chi connectivity index (χ1) is 8.69. The van der Waals surface area contributed by atoms with Crippen molar-refractivity contribution in [2.75, 3.05) is 20.3 Å². The molecule has 2 rings (SSSR count). The van der Waals surface area contributed by atoms with Crippen molar-refractivity contribution in [3.05, 3.63) is 35.4 Å². The minimum absolute atomic E-state index is 0.395. The molecule has 3 nitrogen and oxygen atoms in total. The van der Waals surface area contributed by atoms with E-state index in [0.717, 1.165) is 0 Å². The molecule has 0 bridgehead atoms. The van der Waals surface area contributed by atoms with E-state index >= 15 is 0 Å². The number of nitrogens with one attached hydrogen (secondary N) is 1. The van der Waals surface area contributed by atoms with Gasteiger partial charge in [-0.2, -0.15) is 0 Å². The number of aliphatic hydroxyl groups is 1. The smallest absolute Gasteiger partial charge is 0.0897 e. The monoisotopic (exact) mass is 249 g/mol. The SMILES string of the molecule is COCC(O)CNC1CC(c2cccc(C)c2)C1. The number of aliphatic hydroxyl groups excluding tert-OH is 1. The topological polar surface area (TPSA) is 41.5 Å². The van der Waals surface area contributed by atoms with Gasteiger partial charge in [-0.3, -0.25) is 0 Å². The molecule has 0 radical (unpaired) electrons. The Labute approximate surface area is 109 Å². The van der Waals surface area contributed by atoms with Crippen molar-refractivity contribution in [1.82, 2.24) is 5.32 Å². The van der Waals surface area contributed by atoms with E-state index in [1.165, 1.54) is 24.0 Å². The highest BCUT2D eigenvalue weighted by molar-refractivity contribution is 5.27. The Morgan fingerprint density at radius 1 is 1.44 bits per heavy atom. The molecule has 3 heteroatoms. The number of benzene rings is 1. The van der Waals surface area contributed by atoms with Gasteiger partial charge in [0.2, 0.25) is 0 Å². The Balaban J connectivity index is 1.71. The Kier molecular flexibility index (Phi) is 4.75. The second-order valence-electron chi connectivity index (χ2n) is 5.30. The summed E-state index contributed by atoms with van der Waals surface area (Å²) < 4.78 is 4.90. The lowest BCUT2D eigenvalue weighted by Crippen LogP contribution is -2.44. The Morgan fingerprint density at radius 2 is 2.22 bits per heavy atom. The summed E-state index contributed by atoms with van der Waals surface area (Å²) in [6.07, 6.45) is 1.94. The van der Waals surface area contributed by atoms with Crippen LogP contribution >= 0.6 is 0 Å². The van der Waals surface area contributed by atoms with Crippen molar-refractivity contribution in [2.45, 2.75) is 37.8 Å². The van der Waals surface area contributed by atoms with Gasteiger partial charge >= 0.3 is 0 Å². The zero-order valence-corrected chi connectivity index (χ0v) is 11.2. The summed E-state index contributed by atoms with van der Waals surface area (Å²) in [4.78, 5) is 0. The molecule has 1 aromatic rings. The van der Waals surface area contributed by atoms with Crippen molar-refractivity contribution in [3.8, 4) is 0 Å². The van der Waals surface area contributed by atoms with Gasteiger partial charge < -0.3 is 15.2 Å². The van der Waals surface area contributed by atoms with E-state index in [9.17, 15) is 5.11 Å². The molecule has 1 aromatic carbocycles. The number of methoxy groups -OCH3 is 1. The van der Waals surface area contributed by atoms with Gasteiger partial charge in [0.1, 0.15) is 0 Å². The molecular weight excluding hydrogens is 226 g/mol. The zero-order valence-electron chi connectivity index (χ0n) is 11.2. The van der Waals surface area contributed by atoms with Crippen LogP contribution in [0.2, 0.25) is 0 Å². The number of rotatable bonds is 6. The van der Waals surface area contributed by atoms with Crippen molar-refractivity contribution in [1.29, 1.82) is 0 Å². The molecule has 0 aliphatic heterocycles. The number of aryl methyl sites for hydroxylation is 1. The standard InChI is InChI=1S/C15H23NO2/c1-11-4-3-5-12(6-11)13-7-14(8-13)16-9-15(17)10-18-2/h3-6,13-17H,7-10H2,1-2H3. The first-order valence-corrected chi connectivity index (χ1v) is 6.66. The molecule has 1 aliphatic rings. The molecule has 0 heterocycles. The van der Waals surface area contributed by atoms with Crippen LogP contribution in [0.5, 0.6) is 0 Å². The quantitative estimate of drug-likeness (QED) is 0.808. The normalized spacial score (nSPS) is 24.6. The molecule has 0 spiro atoms. The fourth-order valence-corrected chi connectivity index (χ4v) is 2.53. The highest BCUT2D eigenvalue weighted by Crippen LogP contribution is 2.36. The summed E-state index contributed by atoms with van der Waals surface area (Å²) in [5, 5.41) is 12.9. The van der Waals surface area contributed by atoms with Crippen molar-refractivity contribution < 1.29 is 9.84 Å². The maximum absolute atomic E-state index is 9.55. The van der Waals surface area contributed by atoms with Crippen LogP contribution in [-0.4, -0.2) is 37.5 Å². The predicted molar refractivity (Wildman–Crippen MR) is 72.8 cm³/mol. The lowest BCUT2D eigenvalue weighted by atomic mass is 9.75. The van der Waals surface area contributed by atoms with Gasteiger partial charge in [-0.1, -0.05) is 29.8 Å². The van der Waals surface area contributed by atoms with Gasteiger partial charge in [0.25, 0.3) is 0 Å². The van der Waals surface area contributed by atoms with Gasteiger partial charge in [-0.25, -0.2) is 0 Å². The third-order valence-electron chi connectivity index (χ3n) is 3.65. The molecule has 1 unspecified atom stereocenters. The number of ether oxygens (including phenoxy) is 1. The van der Waals surface area contributed by atoms with E-state index < -0.39 is 6.10 Å². The molecule has 2 N–H and O–H groups in total. The van der Waals surface area contributed by atoms with Crippen molar-refractivity contribution in [2.24, 2.45) is 0 Å². The molecule has 0 amide bonds. The van der Waals surface area contributed by atoms with Crippen LogP contribution in [0.3, 0.4) is 0 Å². The third kappa shape index (κ3) is 3.55. The maximum atomic E-state index is 9.55. The van der Waals surface area contributed by atoms with Gasteiger partial charge in [0, 0.05) is 19.7 Å². The Bertz CT molecular complexity index is 375. The van der Waals surface area contributed by atoms with Crippen LogP contribution in [0.1, 0.15) is 29.9 Å². The number of hydrogen-bond acceptors (Lipinski definition) is 3. The molecule has 0 saturated heterocycles. The van der Waals surface area contributed by atoms with Gasteiger partial charge in [0.05, 0.1) is 12.7 Å². The van der Waals surface area contributed by atoms with Crippen LogP contribution in [0.15, 0.2) is 24.3 Å². The summed E-state index contributed by atoms with van der Waals surface area (Å²) in [6.45, 7) is 3.17. The minimum atomic E-state index is -0.395. The molecule has 1 fully saturated rings. The molecule has 1 aliphatic carbocycles. The van der Waals surface area contributed by atoms with Crippen LogP contribution in [0.25, 0.3) is 0 Å².